The average Bonchev–Trinajstić information content (AvgIpc) is 2.31. The summed E-state index contributed by atoms with van der Waals surface area (Å²) in [5.41, 5.74) is -0.618. The maximum Gasteiger partial charge on any atom is 0.418 e. The summed E-state index contributed by atoms with van der Waals surface area (Å²) >= 11 is 0. The van der Waals surface area contributed by atoms with Crippen molar-refractivity contribution in [3.05, 3.63) is 29.8 Å². The van der Waals surface area contributed by atoms with Crippen molar-refractivity contribution in [2.45, 2.75) is 25.1 Å². The fourth-order valence-electron chi connectivity index (χ4n) is 1.93. The van der Waals surface area contributed by atoms with E-state index in [-0.39, 0.29) is 17.6 Å². The number of anilines is 1. The Morgan fingerprint density at radius 1 is 1.28 bits per heavy atom. The number of halogens is 3. The molecule has 0 aromatic heterocycles. The van der Waals surface area contributed by atoms with Gasteiger partial charge in [-0.05, 0) is 18.6 Å². The van der Waals surface area contributed by atoms with E-state index < -0.39 is 11.7 Å². The van der Waals surface area contributed by atoms with Gasteiger partial charge in [0, 0.05) is 24.7 Å². The Bertz CT molecular complexity index is 435. The Morgan fingerprint density at radius 3 is 2.61 bits per heavy atom. The summed E-state index contributed by atoms with van der Waals surface area (Å²) in [7, 11) is 0. The monoisotopic (exact) mass is 258 g/mol. The maximum absolute atomic E-state index is 12.8. The number of amides is 1. The minimum absolute atomic E-state index is 0.0582. The zero-order valence-electron chi connectivity index (χ0n) is 9.55. The van der Waals surface area contributed by atoms with Gasteiger partial charge in [0.05, 0.1) is 5.56 Å². The largest absolute Gasteiger partial charge is 0.418 e. The number of piperidine rings is 1. The second-order valence-corrected chi connectivity index (χ2v) is 4.23. The third kappa shape index (κ3) is 2.94. The first-order valence-electron chi connectivity index (χ1n) is 5.66. The number of nitrogens with one attached hydrogen (secondary N) is 2. The zero-order chi connectivity index (χ0) is 13.2. The molecule has 1 aliphatic rings. The van der Waals surface area contributed by atoms with Crippen LogP contribution in [0, 0.1) is 0 Å². The van der Waals surface area contributed by atoms with Crippen LogP contribution >= 0.6 is 0 Å². The van der Waals surface area contributed by atoms with Gasteiger partial charge in [-0.3, -0.25) is 4.79 Å². The number of hydrogen-bond donors (Lipinski definition) is 2. The Morgan fingerprint density at radius 2 is 2.00 bits per heavy atom. The van der Waals surface area contributed by atoms with E-state index in [0.717, 1.165) is 6.07 Å². The summed E-state index contributed by atoms with van der Waals surface area (Å²) in [6.07, 6.45) is -3.49. The molecular weight excluding hydrogens is 245 g/mol. The molecule has 0 radical (unpaired) electrons. The minimum Gasteiger partial charge on any atom is -0.380 e. The molecule has 2 rings (SSSR count). The van der Waals surface area contributed by atoms with Gasteiger partial charge in [0.25, 0.3) is 0 Å². The van der Waals surface area contributed by atoms with E-state index in [1.54, 1.807) is 6.07 Å². The number of carbonyl (C=O) groups is 1. The molecule has 1 aromatic carbocycles. The van der Waals surface area contributed by atoms with E-state index in [1.165, 1.54) is 12.1 Å². The molecule has 1 saturated heterocycles. The van der Waals surface area contributed by atoms with E-state index >= 15 is 0 Å². The minimum atomic E-state index is -4.37. The summed E-state index contributed by atoms with van der Waals surface area (Å²) in [5.74, 6) is -0.0582. The van der Waals surface area contributed by atoms with Gasteiger partial charge in [-0.15, -0.1) is 0 Å². The van der Waals surface area contributed by atoms with Crippen molar-refractivity contribution in [3.8, 4) is 0 Å². The fraction of sp³-hybridized carbons (Fsp3) is 0.417. The fourth-order valence-corrected chi connectivity index (χ4v) is 1.93. The van der Waals surface area contributed by atoms with Gasteiger partial charge in [-0.25, -0.2) is 0 Å². The first kappa shape index (κ1) is 12.7. The van der Waals surface area contributed by atoms with Gasteiger partial charge < -0.3 is 10.6 Å². The molecule has 1 aliphatic heterocycles. The molecule has 0 spiro atoms. The third-order valence-electron chi connectivity index (χ3n) is 2.86. The van der Waals surface area contributed by atoms with E-state index in [2.05, 4.69) is 10.6 Å². The predicted octanol–water partition coefficient (Wildman–Crippen LogP) is 2.40. The Kier molecular flexibility index (Phi) is 3.45. The van der Waals surface area contributed by atoms with Crippen molar-refractivity contribution in [2.75, 3.05) is 11.9 Å². The van der Waals surface area contributed by atoms with E-state index in [1.807, 2.05) is 0 Å². The van der Waals surface area contributed by atoms with Crippen LogP contribution < -0.4 is 10.6 Å². The topological polar surface area (TPSA) is 41.1 Å². The van der Waals surface area contributed by atoms with E-state index in [4.69, 9.17) is 0 Å². The normalized spacial score (nSPS) is 20.4. The highest BCUT2D eigenvalue weighted by Crippen LogP contribution is 2.35. The number of alkyl halides is 3. The Balaban J connectivity index is 2.12. The highest BCUT2D eigenvalue weighted by Gasteiger charge is 2.33. The lowest BCUT2D eigenvalue weighted by Crippen LogP contribution is -2.42. The Labute approximate surface area is 102 Å². The smallest absolute Gasteiger partial charge is 0.380 e. The molecule has 1 heterocycles. The van der Waals surface area contributed by atoms with Crippen LogP contribution in [0.3, 0.4) is 0 Å². The molecule has 1 atom stereocenters. The predicted molar refractivity (Wildman–Crippen MR) is 61.1 cm³/mol. The lowest BCUT2D eigenvalue weighted by atomic mass is 10.1. The molecule has 18 heavy (non-hydrogen) atoms. The van der Waals surface area contributed by atoms with Crippen LogP contribution in [-0.2, 0) is 11.0 Å². The molecule has 1 fully saturated rings. The lowest BCUT2D eigenvalue weighted by Gasteiger charge is -2.26. The quantitative estimate of drug-likeness (QED) is 0.855. The first-order chi connectivity index (χ1) is 8.47. The van der Waals surface area contributed by atoms with Crippen molar-refractivity contribution in [2.24, 2.45) is 0 Å². The zero-order valence-corrected chi connectivity index (χ0v) is 9.55. The number of rotatable bonds is 2. The molecule has 1 unspecified atom stereocenters. The van der Waals surface area contributed by atoms with Crippen molar-refractivity contribution in [3.63, 3.8) is 0 Å². The molecule has 1 aromatic rings. The molecule has 0 saturated carbocycles. The number of benzene rings is 1. The Hall–Kier alpha value is -1.72. The van der Waals surface area contributed by atoms with Crippen molar-refractivity contribution in [1.82, 2.24) is 5.32 Å². The second-order valence-electron chi connectivity index (χ2n) is 4.23. The maximum atomic E-state index is 12.8. The van der Waals surface area contributed by atoms with Gasteiger partial charge >= 0.3 is 6.18 Å². The van der Waals surface area contributed by atoms with Crippen LogP contribution in [0.1, 0.15) is 18.4 Å². The molecule has 0 aliphatic carbocycles. The third-order valence-corrected chi connectivity index (χ3v) is 2.86. The summed E-state index contributed by atoms with van der Waals surface area (Å²) in [4.78, 5) is 11.0. The van der Waals surface area contributed by atoms with Gasteiger partial charge in [-0.2, -0.15) is 13.2 Å². The van der Waals surface area contributed by atoms with Crippen LogP contribution in [0.2, 0.25) is 0 Å². The summed E-state index contributed by atoms with van der Waals surface area (Å²) in [6.45, 7) is 0.352. The van der Waals surface area contributed by atoms with E-state index in [0.29, 0.717) is 19.4 Å². The molecule has 3 nitrogen and oxygen atoms in total. The SMILES string of the molecule is O=C1CCC(Nc2ccccc2C(F)(F)F)CN1. The highest BCUT2D eigenvalue weighted by atomic mass is 19.4. The van der Waals surface area contributed by atoms with Crippen LogP contribution in [0.5, 0.6) is 0 Å². The standard InChI is InChI=1S/C12H13F3N2O/c13-12(14,15)9-3-1-2-4-10(9)17-8-5-6-11(18)16-7-8/h1-4,8,17H,5-7H2,(H,16,18). The highest BCUT2D eigenvalue weighted by molar-refractivity contribution is 5.77. The van der Waals surface area contributed by atoms with Crippen LogP contribution in [0.25, 0.3) is 0 Å². The van der Waals surface area contributed by atoms with Crippen LogP contribution in [0.4, 0.5) is 18.9 Å². The molecule has 0 bridgehead atoms. The molecule has 6 heteroatoms. The molecule has 98 valence electrons. The second kappa shape index (κ2) is 4.88. The van der Waals surface area contributed by atoms with Crippen LogP contribution in [-0.4, -0.2) is 18.5 Å². The average molecular weight is 258 g/mol. The van der Waals surface area contributed by atoms with Crippen molar-refractivity contribution < 1.29 is 18.0 Å². The van der Waals surface area contributed by atoms with Gasteiger partial charge in [0.2, 0.25) is 5.91 Å². The molecular formula is C12H13F3N2O. The van der Waals surface area contributed by atoms with Crippen molar-refractivity contribution in [1.29, 1.82) is 0 Å². The van der Waals surface area contributed by atoms with Gasteiger partial charge in [0.15, 0.2) is 0 Å². The molecule has 2 N–H and O–H groups in total. The summed E-state index contributed by atoms with van der Waals surface area (Å²) < 4.78 is 38.3. The van der Waals surface area contributed by atoms with E-state index in [9.17, 15) is 18.0 Å². The van der Waals surface area contributed by atoms with Gasteiger partial charge in [-0.1, -0.05) is 12.1 Å². The van der Waals surface area contributed by atoms with Gasteiger partial charge in [0.1, 0.15) is 0 Å². The van der Waals surface area contributed by atoms with Crippen LogP contribution in [0.15, 0.2) is 24.3 Å². The summed E-state index contributed by atoms with van der Waals surface area (Å²) in [5, 5.41) is 5.47. The first-order valence-corrected chi connectivity index (χ1v) is 5.66. The molecule has 1 amide bonds. The number of hydrogen-bond acceptors (Lipinski definition) is 2. The van der Waals surface area contributed by atoms with Crippen molar-refractivity contribution >= 4 is 11.6 Å². The lowest BCUT2D eigenvalue weighted by molar-refractivity contribution is -0.137. The number of para-hydroxylation sites is 1. The summed E-state index contributed by atoms with van der Waals surface area (Å²) in [6, 6.07) is 5.20. The number of carbonyl (C=O) groups excluding carboxylic acids is 1.